The van der Waals surface area contributed by atoms with Gasteiger partial charge in [0.15, 0.2) is 0 Å². The highest BCUT2D eigenvalue weighted by atomic mass is 16.2. The molecule has 0 bridgehead atoms. The zero-order valence-electron chi connectivity index (χ0n) is 10.6. The molecule has 0 spiro atoms. The van der Waals surface area contributed by atoms with Crippen molar-refractivity contribution in [2.45, 2.75) is 51.5 Å². The van der Waals surface area contributed by atoms with Gasteiger partial charge in [-0.25, -0.2) is 4.79 Å². The third-order valence-electron chi connectivity index (χ3n) is 3.16. The van der Waals surface area contributed by atoms with Crippen LogP contribution in [0.1, 0.15) is 45.4 Å². The van der Waals surface area contributed by atoms with Crippen molar-refractivity contribution in [2.75, 3.05) is 13.1 Å². The maximum atomic E-state index is 11.9. The summed E-state index contributed by atoms with van der Waals surface area (Å²) in [5.74, 6) is -0.442. The van der Waals surface area contributed by atoms with E-state index in [1.165, 1.54) is 0 Å². The molecular weight excluding hydrogens is 218 g/mol. The normalized spacial score (nSPS) is 15.8. The minimum atomic E-state index is -0.442. The van der Waals surface area contributed by atoms with Crippen LogP contribution in [0.5, 0.6) is 0 Å². The maximum absolute atomic E-state index is 11.9. The van der Waals surface area contributed by atoms with Crippen LogP contribution < -0.4 is 11.1 Å². The van der Waals surface area contributed by atoms with E-state index in [1.807, 2.05) is 0 Å². The van der Waals surface area contributed by atoms with Gasteiger partial charge in [-0.1, -0.05) is 26.2 Å². The van der Waals surface area contributed by atoms with E-state index in [1.54, 1.807) is 4.90 Å². The summed E-state index contributed by atoms with van der Waals surface area (Å²) < 4.78 is 0. The number of amides is 3. The largest absolute Gasteiger partial charge is 0.368 e. The molecule has 3 N–H and O–H groups in total. The average Bonchev–Trinajstić information content (AvgIpc) is 2.79. The van der Waals surface area contributed by atoms with Gasteiger partial charge in [-0.3, -0.25) is 4.79 Å². The molecule has 1 aliphatic rings. The second-order valence-electron chi connectivity index (χ2n) is 4.62. The van der Waals surface area contributed by atoms with Crippen molar-refractivity contribution in [2.24, 2.45) is 5.73 Å². The molecule has 5 nitrogen and oxygen atoms in total. The lowest BCUT2D eigenvalue weighted by Gasteiger charge is -2.27. The van der Waals surface area contributed by atoms with Crippen molar-refractivity contribution < 1.29 is 9.59 Å². The van der Waals surface area contributed by atoms with Crippen LogP contribution in [0.25, 0.3) is 0 Å². The minimum absolute atomic E-state index is 0.0304. The van der Waals surface area contributed by atoms with Crippen molar-refractivity contribution in [3.8, 4) is 0 Å². The number of nitrogens with one attached hydrogen (secondary N) is 1. The van der Waals surface area contributed by atoms with Gasteiger partial charge in [-0.15, -0.1) is 0 Å². The molecule has 1 rings (SSSR count). The standard InChI is InChI=1S/C12H23N3O2/c1-2-3-8-14-12(17)15(9-11(13)16)10-6-4-5-7-10/h10H,2-9H2,1H3,(H2,13,16)(H,14,17). The summed E-state index contributed by atoms with van der Waals surface area (Å²) in [4.78, 5) is 24.6. The summed E-state index contributed by atoms with van der Waals surface area (Å²) in [6, 6.07) is 0.0354. The van der Waals surface area contributed by atoms with Gasteiger partial charge in [-0.05, 0) is 19.3 Å². The fraction of sp³-hybridized carbons (Fsp3) is 0.833. The van der Waals surface area contributed by atoms with E-state index in [4.69, 9.17) is 5.73 Å². The van der Waals surface area contributed by atoms with Gasteiger partial charge < -0.3 is 16.0 Å². The molecule has 5 heteroatoms. The Morgan fingerprint density at radius 3 is 2.53 bits per heavy atom. The number of hydrogen-bond donors (Lipinski definition) is 2. The number of urea groups is 1. The van der Waals surface area contributed by atoms with E-state index in [9.17, 15) is 9.59 Å². The van der Waals surface area contributed by atoms with Crippen molar-refractivity contribution in [1.29, 1.82) is 0 Å². The zero-order valence-corrected chi connectivity index (χ0v) is 10.6. The molecule has 0 radical (unpaired) electrons. The Balaban J connectivity index is 2.48. The molecule has 1 aliphatic carbocycles. The van der Waals surface area contributed by atoms with Crippen LogP contribution in [0.4, 0.5) is 4.79 Å². The summed E-state index contributed by atoms with van der Waals surface area (Å²) in [5.41, 5.74) is 5.19. The molecule has 0 aromatic carbocycles. The SMILES string of the molecule is CCCCNC(=O)N(CC(N)=O)C1CCCC1. The number of nitrogens with zero attached hydrogens (tertiary/aromatic N) is 1. The van der Waals surface area contributed by atoms with E-state index < -0.39 is 5.91 Å². The number of carbonyl (C=O) groups is 2. The van der Waals surface area contributed by atoms with Crippen LogP contribution in [-0.2, 0) is 4.79 Å². The van der Waals surface area contributed by atoms with Crippen molar-refractivity contribution in [3.63, 3.8) is 0 Å². The molecule has 0 unspecified atom stereocenters. The average molecular weight is 241 g/mol. The van der Waals surface area contributed by atoms with Gasteiger partial charge in [0, 0.05) is 12.6 Å². The minimum Gasteiger partial charge on any atom is -0.368 e. The number of primary amides is 1. The molecule has 1 fully saturated rings. The molecule has 0 atom stereocenters. The van der Waals surface area contributed by atoms with Gasteiger partial charge in [0.2, 0.25) is 5.91 Å². The Bertz CT molecular complexity index is 262. The molecule has 1 saturated carbocycles. The molecule has 0 aliphatic heterocycles. The predicted molar refractivity (Wildman–Crippen MR) is 66.5 cm³/mol. The first kappa shape index (κ1) is 13.8. The number of hydrogen-bond acceptors (Lipinski definition) is 2. The highest BCUT2D eigenvalue weighted by Crippen LogP contribution is 2.23. The first-order valence-corrected chi connectivity index (χ1v) is 6.48. The van der Waals surface area contributed by atoms with Gasteiger partial charge in [-0.2, -0.15) is 0 Å². The lowest BCUT2D eigenvalue weighted by Crippen LogP contribution is -2.49. The summed E-state index contributed by atoms with van der Waals surface area (Å²) >= 11 is 0. The Hall–Kier alpha value is -1.26. The molecule has 17 heavy (non-hydrogen) atoms. The molecule has 0 aromatic heterocycles. The summed E-state index contributed by atoms with van der Waals surface area (Å²) in [6.45, 7) is 2.77. The summed E-state index contributed by atoms with van der Waals surface area (Å²) in [7, 11) is 0. The highest BCUT2D eigenvalue weighted by molar-refractivity contribution is 5.83. The van der Waals surface area contributed by atoms with Crippen molar-refractivity contribution >= 4 is 11.9 Å². The van der Waals surface area contributed by atoms with E-state index in [2.05, 4.69) is 12.2 Å². The van der Waals surface area contributed by atoms with Crippen LogP contribution in [0.15, 0.2) is 0 Å². The third-order valence-corrected chi connectivity index (χ3v) is 3.16. The smallest absolute Gasteiger partial charge is 0.318 e. The van der Waals surface area contributed by atoms with Gasteiger partial charge in [0.1, 0.15) is 6.54 Å². The fourth-order valence-corrected chi connectivity index (χ4v) is 2.22. The first-order chi connectivity index (χ1) is 8.15. The molecule has 0 saturated heterocycles. The maximum Gasteiger partial charge on any atom is 0.318 e. The topological polar surface area (TPSA) is 75.4 Å². The Morgan fingerprint density at radius 2 is 2.00 bits per heavy atom. The van der Waals surface area contributed by atoms with Gasteiger partial charge >= 0.3 is 6.03 Å². The first-order valence-electron chi connectivity index (χ1n) is 6.48. The molecular formula is C12H23N3O2. The molecule has 0 aromatic rings. The van der Waals surface area contributed by atoms with E-state index in [-0.39, 0.29) is 18.6 Å². The Kier molecular flexibility index (Phi) is 5.80. The third kappa shape index (κ3) is 4.63. The monoisotopic (exact) mass is 241 g/mol. The fourth-order valence-electron chi connectivity index (χ4n) is 2.22. The predicted octanol–water partition coefficient (Wildman–Crippen LogP) is 1.23. The van der Waals surface area contributed by atoms with E-state index in [0.717, 1.165) is 38.5 Å². The number of nitrogens with two attached hydrogens (primary N) is 1. The quantitative estimate of drug-likeness (QED) is 0.686. The molecule has 0 heterocycles. The number of unbranched alkanes of at least 4 members (excludes halogenated alkanes) is 1. The molecule has 3 amide bonds. The van der Waals surface area contributed by atoms with Crippen molar-refractivity contribution in [1.82, 2.24) is 10.2 Å². The zero-order chi connectivity index (χ0) is 12.7. The lowest BCUT2D eigenvalue weighted by atomic mass is 10.2. The summed E-state index contributed by atoms with van der Waals surface area (Å²) in [5, 5.41) is 2.85. The Morgan fingerprint density at radius 1 is 1.35 bits per heavy atom. The molecule has 98 valence electrons. The summed E-state index contributed by atoms with van der Waals surface area (Å²) in [6.07, 6.45) is 6.22. The second-order valence-corrected chi connectivity index (χ2v) is 4.62. The van der Waals surface area contributed by atoms with E-state index >= 15 is 0 Å². The van der Waals surface area contributed by atoms with Gasteiger partial charge in [0.05, 0.1) is 0 Å². The van der Waals surface area contributed by atoms with Crippen LogP contribution >= 0.6 is 0 Å². The highest BCUT2D eigenvalue weighted by Gasteiger charge is 2.27. The second kappa shape index (κ2) is 7.14. The number of rotatable bonds is 6. The van der Waals surface area contributed by atoms with Crippen LogP contribution in [-0.4, -0.2) is 36.0 Å². The van der Waals surface area contributed by atoms with Crippen LogP contribution in [0.2, 0.25) is 0 Å². The Labute approximate surface area is 103 Å². The van der Waals surface area contributed by atoms with Crippen molar-refractivity contribution in [3.05, 3.63) is 0 Å². The van der Waals surface area contributed by atoms with Gasteiger partial charge in [0.25, 0.3) is 0 Å². The number of carbonyl (C=O) groups excluding carboxylic acids is 2. The van der Waals surface area contributed by atoms with Crippen LogP contribution in [0, 0.1) is 0 Å². The van der Waals surface area contributed by atoms with E-state index in [0.29, 0.717) is 6.54 Å². The van der Waals surface area contributed by atoms with Crippen LogP contribution in [0.3, 0.4) is 0 Å². The lowest BCUT2D eigenvalue weighted by molar-refractivity contribution is -0.119.